The summed E-state index contributed by atoms with van der Waals surface area (Å²) in [5.41, 5.74) is 5.17. The Morgan fingerprint density at radius 1 is 1.08 bits per heavy atom. The Morgan fingerprint density at radius 2 is 1.88 bits per heavy atom. The van der Waals surface area contributed by atoms with Gasteiger partial charge in [0.15, 0.2) is 0 Å². The molecule has 0 fully saturated rings. The molecule has 0 bridgehead atoms. The number of amides is 1. The van der Waals surface area contributed by atoms with Crippen molar-refractivity contribution in [3.8, 4) is 5.75 Å². The third-order valence-corrected chi connectivity index (χ3v) is 4.47. The van der Waals surface area contributed by atoms with Crippen LogP contribution in [0.1, 0.15) is 22.3 Å². The van der Waals surface area contributed by atoms with Gasteiger partial charge in [0.05, 0.1) is 19.2 Å². The highest BCUT2D eigenvalue weighted by Gasteiger charge is 2.12. The number of hydrogen-bond acceptors (Lipinski definition) is 3. The van der Waals surface area contributed by atoms with Crippen LogP contribution in [0.15, 0.2) is 47.1 Å². The highest BCUT2D eigenvalue weighted by Crippen LogP contribution is 2.26. The van der Waals surface area contributed by atoms with E-state index in [0.29, 0.717) is 19.6 Å². The first-order valence-corrected chi connectivity index (χ1v) is 8.47. The zero-order valence-corrected chi connectivity index (χ0v) is 14.9. The van der Waals surface area contributed by atoms with E-state index in [1.165, 1.54) is 5.56 Å². The van der Waals surface area contributed by atoms with Crippen LogP contribution in [0.3, 0.4) is 0 Å². The van der Waals surface area contributed by atoms with Gasteiger partial charge in [-0.3, -0.25) is 4.79 Å². The quantitative estimate of drug-likeness (QED) is 0.689. The fraction of sp³-hybridized carbons (Fsp3) is 0.286. The van der Waals surface area contributed by atoms with E-state index < -0.39 is 0 Å². The summed E-state index contributed by atoms with van der Waals surface area (Å²) < 4.78 is 11.3. The smallest absolute Gasteiger partial charge is 0.224 e. The number of benzene rings is 2. The second-order valence-electron chi connectivity index (χ2n) is 6.29. The Labute approximate surface area is 147 Å². The van der Waals surface area contributed by atoms with Crippen molar-refractivity contribution in [2.75, 3.05) is 13.2 Å². The van der Waals surface area contributed by atoms with Gasteiger partial charge in [-0.1, -0.05) is 30.3 Å². The summed E-state index contributed by atoms with van der Waals surface area (Å²) in [5.74, 6) is 0.817. The number of ether oxygens (including phenoxy) is 1. The molecule has 3 rings (SSSR count). The summed E-state index contributed by atoms with van der Waals surface area (Å²) in [6.07, 6.45) is 1.99. The molecule has 0 aliphatic heterocycles. The normalized spacial score (nSPS) is 10.8. The van der Waals surface area contributed by atoms with Crippen LogP contribution in [0, 0.1) is 20.8 Å². The van der Waals surface area contributed by atoms with Gasteiger partial charge in [0.25, 0.3) is 0 Å². The largest absolute Gasteiger partial charge is 0.491 e. The van der Waals surface area contributed by atoms with Crippen LogP contribution in [0.25, 0.3) is 11.0 Å². The van der Waals surface area contributed by atoms with E-state index in [0.717, 1.165) is 33.4 Å². The van der Waals surface area contributed by atoms with Gasteiger partial charge in [-0.15, -0.1) is 0 Å². The molecule has 1 amide bonds. The van der Waals surface area contributed by atoms with Gasteiger partial charge >= 0.3 is 0 Å². The molecular formula is C21H23NO3. The molecule has 130 valence electrons. The first-order valence-electron chi connectivity index (χ1n) is 8.47. The number of carbonyl (C=O) groups excluding carboxylic acids is 1. The third-order valence-electron chi connectivity index (χ3n) is 4.47. The van der Waals surface area contributed by atoms with Crippen LogP contribution in [0.4, 0.5) is 0 Å². The molecular weight excluding hydrogens is 314 g/mol. The molecule has 0 saturated heterocycles. The third kappa shape index (κ3) is 3.85. The minimum atomic E-state index is -0.0330. The Balaban J connectivity index is 1.53. The molecule has 4 heteroatoms. The lowest BCUT2D eigenvalue weighted by molar-refractivity contribution is -0.120. The van der Waals surface area contributed by atoms with E-state index in [1.54, 1.807) is 6.26 Å². The van der Waals surface area contributed by atoms with Gasteiger partial charge in [-0.05, 0) is 43.5 Å². The topological polar surface area (TPSA) is 51.5 Å². The van der Waals surface area contributed by atoms with Crippen molar-refractivity contribution in [3.63, 3.8) is 0 Å². The molecule has 1 aromatic heterocycles. The molecule has 0 spiro atoms. The molecule has 1 N–H and O–H groups in total. The number of rotatable bonds is 6. The van der Waals surface area contributed by atoms with E-state index in [-0.39, 0.29) is 5.91 Å². The lowest BCUT2D eigenvalue weighted by atomic mass is 10.0. The van der Waals surface area contributed by atoms with Gasteiger partial charge in [-0.25, -0.2) is 0 Å². The molecule has 0 aliphatic carbocycles. The number of furan rings is 1. The summed E-state index contributed by atoms with van der Waals surface area (Å²) in [4.78, 5) is 12.2. The van der Waals surface area contributed by atoms with Crippen LogP contribution < -0.4 is 10.1 Å². The Morgan fingerprint density at radius 3 is 2.68 bits per heavy atom. The summed E-state index contributed by atoms with van der Waals surface area (Å²) in [6.45, 7) is 7.01. The van der Waals surface area contributed by atoms with Gasteiger partial charge in [0.2, 0.25) is 5.91 Å². The molecule has 0 aliphatic rings. The van der Waals surface area contributed by atoms with Gasteiger partial charge in [0.1, 0.15) is 17.9 Å². The number of carbonyl (C=O) groups is 1. The summed E-state index contributed by atoms with van der Waals surface area (Å²) in [6, 6.07) is 11.9. The lowest BCUT2D eigenvalue weighted by Crippen LogP contribution is -2.29. The Bertz CT molecular complexity index is 895. The molecule has 2 aromatic carbocycles. The molecule has 3 aromatic rings. The number of hydrogen-bond donors (Lipinski definition) is 1. The minimum absolute atomic E-state index is 0.0330. The standard InChI is InChI=1S/C21H23NO3/c1-14-8-9-18-17(13-25-21(18)16(14)3)12-20(23)22-10-11-24-19-7-5-4-6-15(19)2/h4-9,13H,10-12H2,1-3H3,(H,22,23). The van der Waals surface area contributed by atoms with E-state index >= 15 is 0 Å². The number of aryl methyl sites for hydroxylation is 3. The second kappa shape index (κ2) is 7.43. The minimum Gasteiger partial charge on any atom is -0.491 e. The Hall–Kier alpha value is -2.75. The highest BCUT2D eigenvalue weighted by atomic mass is 16.5. The monoisotopic (exact) mass is 337 g/mol. The number of nitrogens with one attached hydrogen (secondary N) is 1. The van der Waals surface area contributed by atoms with Crippen molar-refractivity contribution >= 4 is 16.9 Å². The molecule has 0 unspecified atom stereocenters. The van der Waals surface area contributed by atoms with Crippen LogP contribution in [-0.4, -0.2) is 19.1 Å². The number of fused-ring (bicyclic) bond motifs is 1. The zero-order valence-electron chi connectivity index (χ0n) is 14.9. The van der Waals surface area contributed by atoms with Gasteiger partial charge in [0, 0.05) is 10.9 Å². The fourth-order valence-corrected chi connectivity index (χ4v) is 2.83. The maximum atomic E-state index is 12.2. The number of para-hydroxylation sites is 1. The maximum absolute atomic E-state index is 12.2. The fourth-order valence-electron chi connectivity index (χ4n) is 2.83. The van der Waals surface area contributed by atoms with Crippen LogP contribution in [0.5, 0.6) is 5.75 Å². The predicted octanol–water partition coefficient (Wildman–Crippen LogP) is 4.10. The lowest BCUT2D eigenvalue weighted by Gasteiger charge is -2.09. The van der Waals surface area contributed by atoms with Crippen LogP contribution in [-0.2, 0) is 11.2 Å². The van der Waals surface area contributed by atoms with E-state index in [4.69, 9.17) is 9.15 Å². The highest BCUT2D eigenvalue weighted by molar-refractivity contribution is 5.89. The van der Waals surface area contributed by atoms with Gasteiger partial charge < -0.3 is 14.5 Å². The molecule has 1 heterocycles. The summed E-state index contributed by atoms with van der Waals surface area (Å²) in [7, 11) is 0. The average molecular weight is 337 g/mol. The molecule has 25 heavy (non-hydrogen) atoms. The first kappa shape index (κ1) is 17.1. The van der Waals surface area contributed by atoms with E-state index in [1.807, 2.05) is 44.2 Å². The Kier molecular flexibility index (Phi) is 5.08. The summed E-state index contributed by atoms with van der Waals surface area (Å²) in [5, 5.41) is 3.90. The molecule has 0 saturated carbocycles. The van der Waals surface area contributed by atoms with Crippen LogP contribution in [0.2, 0.25) is 0 Å². The molecule has 4 nitrogen and oxygen atoms in total. The first-order chi connectivity index (χ1) is 12.1. The zero-order chi connectivity index (χ0) is 17.8. The van der Waals surface area contributed by atoms with Crippen molar-refractivity contribution in [1.82, 2.24) is 5.32 Å². The average Bonchev–Trinajstić information content (AvgIpc) is 3.00. The van der Waals surface area contributed by atoms with Crippen LogP contribution >= 0.6 is 0 Å². The van der Waals surface area contributed by atoms with E-state index in [2.05, 4.69) is 18.3 Å². The van der Waals surface area contributed by atoms with Crippen molar-refractivity contribution in [1.29, 1.82) is 0 Å². The van der Waals surface area contributed by atoms with Crippen molar-refractivity contribution < 1.29 is 13.9 Å². The molecule has 0 radical (unpaired) electrons. The SMILES string of the molecule is Cc1ccccc1OCCNC(=O)Cc1coc2c(C)c(C)ccc12. The van der Waals surface area contributed by atoms with Crippen molar-refractivity contribution in [2.24, 2.45) is 0 Å². The second-order valence-corrected chi connectivity index (χ2v) is 6.29. The van der Waals surface area contributed by atoms with Crippen molar-refractivity contribution in [2.45, 2.75) is 27.2 Å². The molecule has 0 atom stereocenters. The van der Waals surface area contributed by atoms with Gasteiger partial charge in [-0.2, -0.15) is 0 Å². The van der Waals surface area contributed by atoms with Crippen molar-refractivity contribution in [3.05, 3.63) is 64.9 Å². The van der Waals surface area contributed by atoms with E-state index in [9.17, 15) is 4.79 Å². The predicted molar refractivity (Wildman–Crippen MR) is 99.1 cm³/mol. The summed E-state index contributed by atoms with van der Waals surface area (Å²) >= 11 is 0. The maximum Gasteiger partial charge on any atom is 0.224 e.